The van der Waals surface area contributed by atoms with E-state index in [1.807, 2.05) is 6.92 Å². The van der Waals surface area contributed by atoms with Crippen molar-refractivity contribution in [3.63, 3.8) is 0 Å². The van der Waals surface area contributed by atoms with Gasteiger partial charge in [-0.25, -0.2) is 4.79 Å². The van der Waals surface area contributed by atoms with Gasteiger partial charge in [-0.1, -0.05) is 26.2 Å². The largest absolute Gasteiger partial charge is 0.463 e. The van der Waals surface area contributed by atoms with Crippen LogP contribution in [0.3, 0.4) is 0 Å². The zero-order valence-electron chi connectivity index (χ0n) is 17.3. The molecular formula is C19H37NO6. The van der Waals surface area contributed by atoms with E-state index in [0.717, 1.165) is 19.3 Å². The predicted octanol–water partition coefficient (Wildman–Crippen LogP) is 2.77. The van der Waals surface area contributed by atoms with Crippen LogP contribution in [0.25, 0.3) is 0 Å². The van der Waals surface area contributed by atoms with Crippen molar-refractivity contribution in [3.8, 4) is 0 Å². The molecular weight excluding hydrogens is 338 g/mol. The lowest BCUT2D eigenvalue weighted by Crippen LogP contribution is -2.52. The zero-order chi connectivity index (χ0) is 20.5. The Morgan fingerprint density at radius 3 is 2.08 bits per heavy atom. The van der Waals surface area contributed by atoms with Crippen LogP contribution in [0.5, 0.6) is 0 Å². The molecule has 0 aliphatic heterocycles. The molecule has 0 unspecified atom stereocenters. The van der Waals surface area contributed by atoms with Gasteiger partial charge in [-0.15, -0.1) is 0 Å². The Hall–Kier alpha value is -1.34. The van der Waals surface area contributed by atoms with Gasteiger partial charge in [0, 0.05) is 0 Å². The highest BCUT2D eigenvalue weighted by molar-refractivity contribution is 5.75. The molecule has 154 valence electrons. The summed E-state index contributed by atoms with van der Waals surface area (Å²) in [4.78, 5) is 24.0. The average molecular weight is 376 g/mol. The molecule has 0 aliphatic rings. The second kappa shape index (κ2) is 10.7. The molecule has 0 rings (SSSR count). The van der Waals surface area contributed by atoms with Crippen molar-refractivity contribution in [3.05, 3.63) is 0 Å². The molecule has 7 nitrogen and oxygen atoms in total. The number of rotatable bonds is 9. The Morgan fingerprint density at radius 2 is 1.62 bits per heavy atom. The van der Waals surface area contributed by atoms with Gasteiger partial charge in [-0.3, -0.25) is 4.79 Å². The smallest absolute Gasteiger partial charge is 0.408 e. The molecule has 0 radical (unpaired) electrons. The molecule has 0 spiro atoms. The third kappa shape index (κ3) is 10.6. The first kappa shape index (κ1) is 24.7. The number of ether oxygens (including phenoxy) is 2. The second-order valence-electron chi connectivity index (χ2n) is 8.65. The van der Waals surface area contributed by atoms with Gasteiger partial charge < -0.3 is 25.0 Å². The Kier molecular flexibility index (Phi) is 10.2. The monoisotopic (exact) mass is 375 g/mol. The number of unbranched alkanes of at least 4 members (excludes halogenated alkanes) is 2. The van der Waals surface area contributed by atoms with E-state index in [-0.39, 0.29) is 6.61 Å². The van der Waals surface area contributed by atoms with Crippen LogP contribution in [0.15, 0.2) is 0 Å². The predicted molar refractivity (Wildman–Crippen MR) is 99.7 cm³/mol. The summed E-state index contributed by atoms with van der Waals surface area (Å²) in [5.74, 6) is -0.457. The van der Waals surface area contributed by atoms with Crippen molar-refractivity contribution in [2.75, 3.05) is 6.61 Å². The second-order valence-corrected chi connectivity index (χ2v) is 8.65. The normalized spacial score (nSPS) is 15.7. The van der Waals surface area contributed by atoms with Crippen molar-refractivity contribution < 1.29 is 29.3 Å². The Bertz CT molecular complexity index is 438. The third-order valence-electron chi connectivity index (χ3n) is 3.62. The maximum absolute atomic E-state index is 12.0. The first-order valence-electron chi connectivity index (χ1n) is 9.30. The zero-order valence-corrected chi connectivity index (χ0v) is 17.3. The lowest BCUT2D eigenvalue weighted by molar-refractivity contribution is -0.155. The minimum atomic E-state index is -1.27. The summed E-state index contributed by atoms with van der Waals surface area (Å²) in [5, 5.41) is 23.1. The van der Waals surface area contributed by atoms with Gasteiger partial charge in [-0.2, -0.15) is 0 Å². The van der Waals surface area contributed by atoms with Crippen molar-refractivity contribution in [2.45, 2.75) is 98.0 Å². The number of amides is 1. The van der Waals surface area contributed by atoms with E-state index in [1.165, 1.54) is 0 Å². The quantitative estimate of drug-likeness (QED) is 0.423. The number of hydrogen-bond acceptors (Lipinski definition) is 6. The van der Waals surface area contributed by atoms with Gasteiger partial charge in [-0.05, 0) is 48.0 Å². The van der Waals surface area contributed by atoms with Gasteiger partial charge >= 0.3 is 12.1 Å². The molecule has 0 aromatic rings. The summed E-state index contributed by atoms with van der Waals surface area (Å²) < 4.78 is 10.4. The molecule has 0 aromatic carbocycles. The number of hydrogen-bond donors (Lipinski definition) is 3. The van der Waals surface area contributed by atoms with Gasteiger partial charge in [0.25, 0.3) is 0 Å². The minimum absolute atomic E-state index is 0.249. The number of alkyl carbamates (subject to hydrolysis) is 1. The number of aliphatic hydroxyl groups excluding tert-OH is 2. The van der Waals surface area contributed by atoms with E-state index < -0.39 is 41.3 Å². The van der Waals surface area contributed by atoms with E-state index in [2.05, 4.69) is 5.32 Å². The van der Waals surface area contributed by atoms with E-state index in [9.17, 15) is 19.8 Å². The van der Waals surface area contributed by atoms with Crippen molar-refractivity contribution in [1.29, 1.82) is 0 Å². The fraction of sp³-hybridized carbons (Fsp3) is 0.895. The van der Waals surface area contributed by atoms with E-state index in [4.69, 9.17) is 9.47 Å². The first-order chi connectivity index (χ1) is 11.8. The van der Waals surface area contributed by atoms with Crippen LogP contribution in [-0.2, 0) is 14.3 Å². The topological polar surface area (TPSA) is 105 Å². The molecule has 3 N–H and O–H groups in total. The Labute approximate surface area is 157 Å². The number of nitrogens with one attached hydrogen (secondary N) is 1. The number of aliphatic hydroxyl groups is 2. The van der Waals surface area contributed by atoms with Crippen molar-refractivity contribution in [2.24, 2.45) is 5.41 Å². The minimum Gasteiger partial charge on any atom is -0.463 e. The van der Waals surface area contributed by atoms with Crippen LogP contribution in [0.4, 0.5) is 4.79 Å². The van der Waals surface area contributed by atoms with E-state index >= 15 is 0 Å². The van der Waals surface area contributed by atoms with Gasteiger partial charge in [0.2, 0.25) is 0 Å². The molecule has 26 heavy (non-hydrogen) atoms. The SMILES string of the molecule is CCCCC[C@H](O)[C@H](O)[C@@H](COC(=O)C(C)(C)C)NC(=O)OC(C)(C)C. The van der Waals surface area contributed by atoms with Gasteiger partial charge in [0.05, 0.1) is 17.6 Å². The summed E-state index contributed by atoms with van der Waals surface area (Å²) in [6.45, 7) is 12.1. The Morgan fingerprint density at radius 1 is 1.04 bits per heavy atom. The van der Waals surface area contributed by atoms with Crippen LogP contribution < -0.4 is 5.32 Å². The fourth-order valence-electron chi connectivity index (χ4n) is 2.11. The van der Waals surface area contributed by atoms with Crippen molar-refractivity contribution >= 4 is 12.1 Å². The van der Waals surface area contributed by atoms with Crippen molar-refractivity contribution in [1.82, 2.24) is 5.32 Å². The molecule has 7 heteroatoms. The number of carbonyl (C=O) groups excluding carboxylic acids is 2. The van der Waals surface area contributed by atoms with Crippen LogP contribution >= 0.6 is 0 Å². The molecule has 0 fully saturated rings. The molecule has 3 atom stereocenters. The lowest BCUT2D eigenvalue weighted by Gasteiger charge is -2.29. The highest BCUT2D eigenvalue weighted by atomic mass is 16.6. The average Bonchev–Trinajstić information content (AvgIpc) is 2.47. The standard InChI is InChI=1S/C19H37NO6/c1-8-9-10-11-14(21)15(22)13(12-25-16(23)18(2,3)4)20-17(24)26-19(5,6)7/h13-15,21-22H,8-12H2,1-7H3,(H,20,24)/t13-,14+,15-/m1/s1. The molecule has 0 aliphatic carbocycles. The molecule has 0 bridgehead atoms. The molecule has 0 aromatic heterocycles. The molecule has 0 saturated heterocycles. The fourth-order valence-corrected chi connectivity index (χ4v) is 2.11. The summed E-state index contributed by atoms with van der Waals surface area (Å²) >= 11 is 0. The summed E-state index contributed by atoms with van der Waals surface area (Å²) in [6, 6.07) is -0.965. The molecule has 0 saturated carbocycles. The summed E-state index contributed by atoms with van der Waals surface area (Å²) in [5.41, 5.74) is -1.41. The number of esters is 1. The lowest BCUT2D eigenvalue weighted by atomic mass is 9.97. The highest BCUT2D eigenvalue weighted by Gasteiger charge is 2.32. The van der Waals surface area contributed by atoms with Gasteiger partial charge in [0.15, 0.2) is 0 Å². The summed E-state index contributed by atoms with van der Waals surface area (Å²) in [6.07, 6.45) is 0.0410. The van der Waals surface area contributed by atoms with Crippen LogP contribution in [0.2, 0.25) is 0 Å². The van der Waals surface area contributed by atoms with Crippen LogP contribution in [0, 0.1) is 5.41 Å². The Balaban J connectivity index is 4.96. The van der Waals surface area contributed by atoms with Gasteiger partial charge in [0.1, 0.15) is 18.3 Å². The van der Waals surface area contributed by atoms with E-state index in [1.54, 1.807) is 41.5 Å². The molecule has 1 amide bonds. The maximum atomic E-state index is 12.0. The molecule has 0 heterocycles. The maximum Gasteiger partial charge on any atom is 0.408 e. The van der Waals surface area contributed by atoms with Crippen LogP contribution in [0.1, 0.15) is 74.1 Å². The third-order valence-corrected chi connectivity index (χ3v) is 3.62. The van der Waals surface area contributed by atoms with Crippen LogP contribution in [-0.4, -0.2) is 52.7 Å². The number of carbonyl (C=O) groups is 2. The van der Waals surface area contributed by atoms with E-state index in [0.29, 0.717) is 6.42 Å². The summed E-state index contributed by atoms with van der Waals surface area (Å²) in [7, 11) is 0. The first-order valence-corrected chi connectivity index (χ1v) is 9.30. The highest BCUT2D eigenvalue weighted by Crippen LogP contribution is 2.17.